The summed E-state index contributed by atoms with van der Waals surface area (Å²) in [5.41, 5.74) is 9.52. The number of carboxylic acid groups (broad SMARTS) is 1. The Hall–Kier alpha value is -6.83. The number of amides is 9. The van der Waals surface area contributed by atoms with E-state index in [0.717, 1.165) is 51.4 Å². The molecule has 1 heterocycles. The summed E-state index contributed by atoms with van der Waals surface area (Å²) >= 11 is 0. The van der Waals surface area contributed by atoms with Crippen LogP contribution in [0.2, 0.25) is 0 Å². The fourth-order valence-corrected chi connectivity index (χ4v) is 4.84. The second-order valence-corrected chi connectivity index (χ2v) is 12.9. The lowest BCUT2D eigenvalue weighted by Gasteiger charge is -2.27. The first-order valence-corrected chi connectivity index (χ1v) is 16.8. The SMILES string of the molecule is CN(CC(=O)O)C(=O)CN(C)C(=O)CN(C)C(=O)CN(C)C(=O)CN(C)C(=O)CN(C)C(=O)CN(CCN=[N+]=[N-])C(=O)Cc1ccc(N2C(=O)C=CC2=O)cc1. The number of likely N-dealkylation sites (N-methyl/N-ethyl adjacent to an activating group) is 6. The molecule has 0 unspecified atom stereocenters. The first kappa shape index (κ1) is 45.3. The highest BCUT2D eigenvalue weighted by atomic mass is 16.4. The molecule has 22 nitrogen and oxygen atoms in total. The van der Waals surface area contributed by atoms with E-state index in [-0.39, 0.29) is 19.5 Å². The van der Waals surface area contributed by atoms with Gasteiger partial charge in [0.15, 0.2) is 0 Å². The molecule has 1 aliphatic rings. The van der Waals surface area contributed by atoms with Gasteiger partial charge in [-0.2, -0.15) is 0 Å². The lowest BCUT2D eigenvalue weighted by Crippen LogP contribution is -2.49. The maximum Gasteiger partial charge on any atom is 0.323 e. The molecule has 0 spiro atoms. The van der Waals surface area contributed by atoms with Gasteiger partial charge in [-0.05, 0) is 23.2 Å². The van der Waals surface area contributed by atoms with Gasteiger partial charge in [0.1, 0.15) is 6.54 Å². The monoisotopic (exact) mass is 783 g/mol. The van der Waals surface area contributed by atoms with Crippen LogP contribution in [-0.4, -0.2) is 200 Å². The van der Waals surface area contributed by atoms with Crippen molar-refractivity contribution in [2.45, 2.75) is 6.42 Å². The Morgan fingerprint density at radius 1 is 0.589 bits per heavy atom. The number of anilines is 1. The van der Waals surface area contributed by atoms with Crippen LogP contribution in [0, 0.1) is 0 Å². The molecule has 0 bridgehead atoms. The van der Waals surface area contributed by atoms with Gasteiger partial charge in [-0.1, -0.05) is 17.2 Å². The van der Waals surface area contributed by atoms with Crippen molar-refractivity contribution in [2.75, 3.05) is 106 Å². The van der Waals surface area contributed by atoms with Crippen LogP contribution in [-0.2, 0) is 54.4 Å². The molecule has 0 aliphatic carbocycles. The van der Waals surface area contributed by atoms with Crippen LogP contribution in [0.25, 0.3) is 10.4 Å². The minimum atomic E-state index is -1.22. The van der Waals surface area contributed by atoms with Gasteiger partial charge in [0.2, 0.25) is 41.4 Å². The van der Waals surface area contributed by atoms with E-state index in [1.54, 1.807) is 12.1 Å². The lowest BCUT2D eigenvalue weighted by atomic mass is 10.1. The zero-order chi connectivity index (χ0) is 42.3. The fourth-order valence-electron chi connectivity index (χ4n) is 4.84. The molecule has 0 aromatic heterocycles. The predicted octanol–water partition coefficient (Wildman–Crippen LogP) is -2.37. The number of carbonyl (C=O) groups excluding carboxylic acids is 9. The van der Waals surface area contributed by atoms with Crippen molar-refractivity contribution in [3.8, 4) is 0 Å². The Morgan fingerprint density at radius 3 is 1.30 bits per heavy atom. The van der Waals surface area contributed by atoms with Crippen molar-refractivity contribution in [2.24, 2.45) is 5.11 Å². The average molecular weight is 784 g/mol. The second-order valence-electron chi connectivity index (χ2n) is 12.9. The minimum absolute atomic E-state index is 0.109. The largest absolute Gasteiger partial charge is 0.480 e. The number of carboxylic acids is 1. The maximum absolute atomic E-state index is 13.2. The van der Waals surface area contributed by atoms with Crippen molar-refractivity contribution >= 4 is 64.8 Å². The molecular weight excluding hydrogens is 738 g/mol. The van der Waals surface area contributed by atoms with E-state index >= 15 is 0 Å². The van der Waals surface area contributed by atoms with Gasteiger partial charge >= 0.3 is 5.97 Å². The zero-order valence-electron chi connectivity index (χ0n) is 32.0. The Kier molecular flexibility index (Phi) is 17.1. The van der Waals surface area contributed by atoms with E-state index in [4.69, 9.17) is 10.6 Å². The number of hydrogen-bond donors (Lipinski definition) is 1. The topological polar surface area (TPSA) is 266 Å². The molecule has 22 heteroatoms. The average Bonchev–Trinajstić information content (AvgIpc) is 3.47. The third-order valence-corrected chi connectivity index (χ3v) is 8.36. The Morgan fingerprint density at radius 2 is 0.946 bits per heavy atom. The van der Waals surface area contributed by atoms with Gasteiger partial charge in [0.25, 0.3) is 11.8 Å². The van der Waals surface area contributed by atoms with Crippen LogP contribution in [0.3, 0.4) is 0 Å². The van der Waals surface area contributed by atoms with Crippen LogP contribution >= 0.6 is 0 Å². The number of hydrogen-bond acceptors (Lipinski definition) is 11. The molecule has 9 amide bonds. The van der Waals surface area contributed by atoms with Crippen molar-refractivity contribution in [3.63, 3.8) is 0 Å². The summed E-state index contributed by atoms with van der Waals surface area (Å²) in [5.74, 6) is -6.49. The van der Waals surface area contributed by atoms with E-state index < -0.39 is 105 Å². The molecule has 302 valence electrons. The predicted molar refractivity (Wildman–Crippen MR) is 196 cm³/mol. The number of aliphatic carboxylic acids is 1. The van der Waals surface area contributed by atoms with Gasteiger partial charge in [0.05, 0.1) is 51.4 Å². The standard InChI is InChI=1S/C34H45N11O11/c1-38(16-28(49)39(2)18-30(51)41(4)20-32(53)43(6)22-34(55)56)29(50)17-40(3)31(52)19-42(5)33(54)21-44(14-13-36-37-35)27(48)15-23-7-9-24(10-8-23)45-25(46)11-12-26(45)47/h7-12H,13-22H2,1-6H3,(H,55,56). The number of rotatable bonds is 20. The van der Waals surface area contributed by atoms with Crippen LogP contribution in [0.1, 0.15) is 5.56 Å². The summed E-state index contributed by atoms with van der Waals surface area (Å²) < 4.78 is 0. The van der Waals surface area contributed by atoms with Crippen LogP contribution in [0.5, 0.6) is 0 Å². The number of nitrogens with zero attached hydrogens (tertiary/aromatic N) is 11. The molecule has 1 aromatic rings. The van der Waals surface area contributed by atoms with E-state index in [2.05, 4.69) is 10.0 Å². The number of benzene rings is 1. The van der Waals surface area contributed by atoms with E-state index in [1.165, 1.54) is 54.4 Å². The quantitative estimate of drug-likeness (QED) is 0.0632. The smallest absolute Gasteiger partial charge is 0.323 e. The van der Waals surface area contributed by atoms with Crippen molar-refractivity contribution in [3.05, 3.63) is 52.4 Å². The van der Waals surface area contributed by atoms with Gasteiger partial charge in [0, 0.05) is 72.4 Å². The van der Waals surface area contributed by atoms with Gasteiger partial charge in [-0.3, -0.25) is 47.9 Å². The maximum atomic E-state index is 13.2. The highest BCUT2D eigenvalue weighted by Crippen LogP contribution is 2.20. The summed E-state index contributed by atoms with van der Waals surface area (Å²) in [6, 6.07) is 6.10. The first-order valence-electron chi connectivity index (χ1n) is 16.8. The van der Waals surface area contributed by atoms with Crippen molar-refractivity contribution in [1.29, 1.82) is 0 Å². The molecule has 56 heavy (non-hydrogen) atoms. The van der Waals surface area contributed by atoms with Gasteiger partial charge in [-0.15, -0.1) is 0 Å². The second kappa shape index (κ2) is 21.2. The summed E-state index contributed by atoms with van der Waals surface area (Å²) in [4.78, 5) is 135. The van der Waals surface area contributed by atoms with Gasteiger partial charge in [-0.25, -0.2) is 4.90 Å². The zero-order valence-corrected chi connectivity index (χ0v) is 32.0. The summed E-state index contributed by atoms with van der Waals surface area (Å²) in [5, 5.41) is 12.2. The molecule has 0 radical (unpaired) electrons. The summed E-state index contributed by atoms with van der Waals surface area (Å²) in [6.07, 6.45) is 2.11. The third kappa shape index (κ3) is 13.9. The molecule has 0 saturated carbocycles. The molecule has 1 aliphatic heterocycles. The summed E-state index contributed by atoms with van der Waals surface area (Å²) in [7, 11) is 7.86. The molecule has 0 fully saturated rings. The lowest BCUT2D eigenvalue weighted by molar-refractivity contribution is -0.147. The van der Waals surface area contributed by atoms with E-state index in [0.29, 0.717) is 11.3 Å². The van der Waals surface area contributed by atoms with Crippen LogP contribution in [0.4, 0.5) is 5.69 Å². The summed E-state index contributed by atoms with van der Waals surface area (Å²) in [6.45, 7) is -3.50. The Bertz CT molecular complexity index is 1780. The Balaban J connectivity index is 1.90. The molecular formula is C34H45N11O11. The molecule has 1 N–H and O–H groups in total. The van der Waals surface area contributed by atoms with E-state index in [1.807, 2.05) is 0 Å². The van der Waals surface area contributed by atoms with E-state index in [9.17, 15) is 47.9 Å². The first-order chi connectivity index (χ1) is 26.2. The van der Waals surface area contributed by atoms with Crippen molar-refractivity contribution in [1.82, 2.24) is 34.3 Å². The number of imide groups is 1. The number of carbonyl (C=O) groups is 10. The minimum Gasteiger partial charge on any atom is -0.480 e. The Labute approximate surface area is 322 Å². The van der Waals surface area contributed by atoms with Crippen molar-refractivity contribution < 1.29 is 53.1 Å². The van der Waals surface area contributed by atoms with Gasteiger partial charge < -0.3 is 39.4 Å². The fraction of sp³-hybridized carbons (Fsp3) is 0.471. The molecule has 1 aromatic carbocycles. The highest BCUT2D eigenvalue weighted by molar-refractivity contribution is 6.28. The number of azide groups is 1. The third-order valence-electron chi connectivity index (χ3n) is 8.36. The molecule has 0 atom stereocenters. The van der Waals surface area contributed by atoms with Crippen LogP contribution in [0.15, 0.2) is 41.5 Å². The highest BCUT2D eigenvalue weighted by Gasteiger charge is 2.27. The normalized spacial score (nSPS) is 11.6. The molecule has 0 saturated heterocycles. The molecule has 2 rings (SSSR count). The van der Waals surface area contributed by atoms with Crippen LogP contribution < -0.4 is 4.90 Å².